The molecule has 2 heterocycles. The topological polar surface area (TPSA) is 97.5 Å². The lowest BCUT2D eigenvalue weighted by atomic mass is 9.90. The standard InChI is InChI=1S/C28H36N4O4/c1-3-4-15-35-26(33)18-24-17-23-16-22(9-10-25(23)36-28(24)29)27(34)21-7-5-20(6-8-21)19-30-32-13-11-31(2)12-14-32/h5-10,16,19,24,28H,3-4,11-15,17-18,29H2,1-2H3. The van der Waals surface area contributed by atoms with E-state index >= 15 is 0 Å². The van der Waals surface area contributed by atoms with E-state index in [1.807, 2.05) is 43.5 Å². The van der Waals surface area contributed by atoms with Gasteiger partial charge in [0.05, 0.1) is 19.2 Å². The van der Waals surface area contributed by atoms with Crippen LogP contribution in [0.3, 0.4) is 0 Å². The molecule has 0 amide bonds. The molecule has 1 fully saturated rings. The van der Waals surface area contributed by atoms with Crippen molar-refractivity contribution in [1.82, 2.24) is 9.91 Å². The molecule has 2 aliphatic heterocycles. The van der Waals surface area contributed by atoms with Crippen LogP contribution in [0.15, 0.2) is 47.6 Å². The van der Waals surface area contributed by atoms with Gasteiger partial charge in [-0.15, -0.1) is 0 Å². The van der Waals surface area contributed by atoms with Gasteiger partial charge in [-0.25, -0.2) is 0 Å². The first kappa shape index (κ1) is 25.9. The molecule has 8 nitrogen and oxygen atoms in total. The molecule has 0 radical (unpaired) electrons. The van der Waals surface area contributed by atoms with Crippen molar-refractivity contribution in [2.75, 3.05) is 39.8 Å². The smallest absolute Gasteiger partial charge is 0.306 e. The fourth-order valence-electron chi connectivity index (χ4n) is 4.38. The van der Waals surface area contributed by atoms with E-state index in [0.717, 1.165) is 50.1 Å². The highest BCUT2D eigenvalue weighted by atomic mass is 16.5. The molecule has 0 spiro atoms. The van der Waals surface area contributed by atoms with Gasteiger partial charge in [-0.1, -0.05) is 37.6 Å². The average Bonchev–Trinajstić information content (AvgIpc) is 2.88. The van der Waals surface area contributed by atoms with Gasteiger partial charge in [-0.2, -0.15) is 5.10 Å². The summed E-state index contributed by atoms with van der Waals surface area (Å²) in [7, 11) is 2.12. The van der Waals surface area contributed by atoms with Gasteiger partial charge >= 0.3 is 5.97 Å². The van der Waals surface area contributed by atoms with E-state index in [-0.39, 0.29) is 24.1 Å². The van der Waals surface area contributed by atoms with Crippen LogP contribution in [-0.4, -0.2) is 73.9 Å². The number of unbranched alkanes of at least 4 members (excludes halogenated alkanes) is 1. The SMILES string of the molecule is CCCCOC(=O)CC1Cc2cc(C(=O)c3ccc(C=NN4CCN(C)CC4)cc3)ccc2OC1N. The van der Waals surface area contributed by atoms with Crippen LogP contribution in [-0.2, 0) is 16.0 Å². The Balaban J connectivity index is 1.38. The third kappa shape index (κ3) is 6.71. The van der Waals surface area contributed by atoms with Crippen molar-refractivity contribution in [3.8, 4) is 5.75 Å². The number of rotatable bonds is 9. The van der Waals surface area contributed by atoms with Crippen molar-refractivity contribution < 1.29 is 19.1 Å². The average molecular weight is 493 g/mol. The van der Waals surface area contributed by atoms with Gasteiger partial charge in [0.2, 0.25) is 0 Å². The molecule has 0 aromatic heterocycles. The zero-order valence-electron chi connectivity index (χ0n) is 21.2. The highest BCUT2D eigenvalue weighted by molar-refractivity contribution is 6.09. The zero-order valence-corrected chi connectivity index (χ0v) is 21.2. The maximum absolute atomic E-state index is 13.2. The van der Waals surface area contributed by atoms with Gasteiger partial charge < -0.3 is 14.4 Å². The van der Waals surface area contributed by atoms with Crippen LogP contribution in [0.4, 0.5) is 0 Å². The molecule has 1 saturated heterocycles. The summed E-state index contributed by atoms with van der Waals surface area (Å²) >= 11 is 0. The van der Waals surface area contributed by atoms with Crippen LogP contribution in [0.5, 0.6) is 5.75 Å². The van der Waals surface area contributed by atoms with Crippen LogP contribution in [0, 0.1) is 5.92 Å². The second-order valence-electron chi connectivity index (χ2n) is 9.60. The van der Waals surface area contributed by atoms with E-state index in [0.29, 0.717) is 29.9 Å². The van der Waals surface area contributed by atoms with Crippen LogP contribution in [0.25, 0.3) is 0 Å². The molecule has 2 unspecified atom stereocenters. The highest BCUT2D eigenvalue weighted by Gasteiger charge is 2.30. The van der Waals surface area contributed by atoms with Crippen molar-refractivity contribution in [3.63, 3.8) is 0 Å². The van der Waals surface area contributed by atoms with Gasteiger partial charge in [0.25, 0.3) is 0 Å². The summed E-state index contributed by atoms with van der Waals surface area (Å²) in [5.41, 5.74) is 9.18. The predicted octanol–water partition coefficient (Wildman–Crippen LogP) is 3.07. The Hall–Kier alpha value is -3.23. The van der Waals surface area contributed by atoms with Crippen molar-refractivity contribution >= 4 is 18.0 Å². The van der Waals surface area contributed by atoms with Crippen LogP contribution >= 0.6 is 0 Å². The van der Waals surface area contributed by atoms with Crippen LogP contribution in [0.1, 0.15) is 53.2 Å². The quantitative estimate of drug-likeness (QED) is 0.249. The summed E-state index contributed by atoms with van der Waals surface area (Å²) < 4.78 is 11.1. The number of ketones is 1. The first-order valence-electron chi connectivity index (χ1n) is 12.8. The number of hydrogen-bond donors (Lipinski definition) is 1. The van der Waals surface area contributed by atoms with Gasteiger partial charge in [0.1, 0.15) is 5.75 Å². The summed E-state index contributed by atoms with van der Waals surface area (Å²) in [5.74, 6) is 0.131. The van der Waals surface area contributed by atoms with Gasteiger partial charge in [-0.05, 0) is 49.2 Å². The minimum Gasteiger partial charge on any atom is -0.475 e. The van der Waals surface area contributed by atoms with E-state index in [1.165, 1.54) is 0 Å². The van der Waals surface area contributed by atoms with E-state index < -0.39 is 6.23 Å². The van der Waals surface area contributed by atoms with E-state index in [4.69, 9.17) is 15.2 Å². The van der Waals surface area contributed by atoms with E-state index in [1.54, 1.807) is 12.1 Å². The first-order valence-corrected chi connectivity index (χ1v) is 12.8. The van der Waals surface area contributed by atoms with Crippen LogP contribution in [0.2, 0.25) is 0 Å². The summed E-state index contributed by atoms with van der Waals surface area (Å²) in [5, 5.41) is 6.63. The number of esters is 1. The Labute approximate surface area is 213 Å². The van der Waals surface area contributed by atoms with E-state index in [2.05, 4.69) is 22.1 Å². The van der Waals surface area contributed by atoms with Crippen molar-refractivity contribution in [2.45, 2.75) is 38.8 Å². The fraction of sp³-hybridized carbons (Fsp3) is 0.464. The number of likely N-dealkylation sites (N-methyl/N-ethyl adjacent to an activating group) is 1. The molecule has 8 heteroatoms. The molecular formula is C28H36N4O4. The molecule has 2 aromatic carbocycles. The molecule has 2 atom stereocenters. The number of carbonyl (C=O) groups excluding carboxylic acids is 2. The number of ether oxygens (including phenoxy) is 2. The molecule has 0 aliphatic carbocycles. The molecule has 0 saturated carbocycles. The molecule has 2 aromatic rings. The first-order chi connectivity index (χ1) is 17.4. The zero-order chi connectivity index (χ0) is 25.5. The Kier molecular flexibility index (Phi) is 8.72. The predicted molar refractivity (Wildman–Crippen MR) is 139 cm³/mol. The Morgan fingerprint density at radius 2 is 1.83 bits per heavy atom. The van der Waals surface area contributed by atoms with E-state index in [9.17, 15) is 9.59 Å². The van der Waals surface area contributed by atoms with Crippen molar-refractivity contribution in [2.24, 2.45) is 16.8 Å². The lowest BCUT2D eigenvalue weighted by molar-refractivity contribution is -0.145. The summed E-state index contributed by atoms with van der Waals surface area (Å²) in [6, 6.07) is 12.9. The molecule has 2 aliphatic rings. The fourth-order valence-corrected chi connectivity index (χ4v) is 4.38. The number of nitrogens with zero attached hydrogens (tertiary/aromatic N) is 3. The lowest BCUT2D eigenvalue weighted by Crippen LogP contribution is -2.41. The Morgan fingerprint density at radius 3 is 2.56 bits per heavy atom. The summed E-state index contributed by atoms with van der Waals surface area (Å²) in [6.45, 7) is 6.31. The maximum atomic E-state index is 13.2. The van der Waals surface area contributed by atoms with Gasteiger partial charge in [0.15, 0.2) is 12.0 Å². The number of hydrazone groups is 1. The van der Waals surface area contributed by atoms with Crippen molar-refractivity contribution in [3.05, 3.63) is 64.7 Å². The Bertz CT molecular complexity index is 1080. The highest BCUT2D eigenvalue weighted by Crippen LogP contribution is 2.32. The normalized spacial score (nSPS) is 20.1. The Morgan fingerprint density at radius 1 is 1.11 bits per heavy atom. The molecular weight excluding hydrogens is 456 g/mol. The monoisotopic (exact) mass is 492 g/mol. The second-order valence-corrected chi connectivity index (χ2v) is 9.60. The minimum absolute atomic E-state index is 0.0641. The molecule has 0 bridgehead atoms. The maximum Gasteiger partial charge on any atom is 0.306 e. The number of nitrogens with two attached hydrogens (primary N) is 1. The molecule has 192 valence electrons. The largest absolute Gasteiger partial charge is 0.475 e. The number of hydrogen-bond acceptors (Lipinski definition) is 8. The van der Waals surface area contributed by atoms with Gasteiger partial charge in [0, 0.05) is 43.2 Å². The molecule has 36 heavy (non-hydrogen) atoms. The number of fused-ring (bicyclic) bond motifs is 1. The summed E-state index contributed by atoms with van der Waals surface area (Å²) in [6.07, 6.45) is 3.82. The van der Waals surface area contributed by atoms with Gasteiger partial charge in [-0.3, -0.25) is 20.3 Å². The second kappa shape index (κ2) is 12.1. The van der Waals surface area contributed by atoms with Crippen molar-refractivity contribution in [1.29, 1.82) is 0 Å². The lowest BCUT2D eigenvalue weighted by Gasteiger charge is -2.30. The number of benzene rings is 2. The third-order valence-corrected chi connectivity index (χ3v) is 6.74. The third-order valence-electron chi connectivity index (χ3n) is 6.74. The molecule has 2 N–H and O–H groups in total. The minimum atomic E-state index is -0.585. The number of carbonyl (C=O) groups is 2. The van der Waals surface area contributed by atoms with Crippen LogP contribution < -0.4 is 10.5 Å². The number of piperazine rings is 1. The summed E-state index contributed by atoms with van der Waals surface area (Å²) in [4.78, 5) is 27.6. The molecule has 4 rings (SSSR count).